The van der Waals surface area contributed by atoms with Gasteiger partial charge in [-0.15, -0.1) is 0 Å². The molecule has 2 heterocycles. The number of amides is 1. The van der Waals surface area contributed by atoms with Crippen molar-refractivity contribution < 1.29 is 14.3 Å². The SMILES string of the molecule is CC1(N2CCN(c3ncc(Sc4ccc(C(N)=O)cc4)c(OCc4cccc(C=O)c4)n3)CC2)CC1. The van der Waals surface area contributed by atoms with Crippen LogP contribution in [0, 0.1) is 0 Å². The fraction of sp³-hybridized carbons (Fsp3) is 0.333. The van der Waals surface area contributed by atoms with E-state index in [0.29, 0.717) is 28.5 Å². The van der Waals surface area contributed by atoms with E-state index in [-0.39, 0.29) is 6.61 Å². The second kappa shape index (κ2) is 10.3. The molecule has 2 aliphatic rings. The fourth-order valence-electron chi connectivity index (χ4n) is 4.34. The van der Waals surface area contributed by atoms with Crippen LogP contribution >= 0.6 is 11.8 Å². The van der Waals surface area contributed by atoms with Gasteiger partial charge in [-0.2, -0.15) is 4.98 Å². The lowest BCUT2D eigenvalue weighted by Gasteiger charge is -2.38. The molecule has 0 radical (unpaired) electrons. The molecular formula is C27H29N5O3S. The Bertz CT molecular complexity index is 1250. The van der Waals surface area contributed by atoms with Gasteiger partial charge in [-0.25, -0.2) is 4.98 Å². The van der Waals surface area contributed by atoms with Gasteiger partial charge in [0.25, 0.3) is 0 Å². The number of carbonyl (C=O) groups excluding carboxylic acids is 2. The topological polar surface area (TPSA) is 102 Å². The Hall–Kier alpha value is -3.43. The first kappa shape index (κ1) is 24.3. The summed E-state index contributed by atoms with van der Waals surface area (Å²) in [6, 6.07) is 14.4. The van der Waals surface area contributed by atoms with Crippen molar-refractivity contribution in [2.24, 2.45) is 5.73 Å². The van der Waals surface area contributed by atoms with Gasteiger partial charge in [-0.05, 0) is 55.7 Å². The minimum atomic E-state index is -0.461. The van der Waals surface area contributed by atoms with Gasteiger partial charge in [-0.1, -0.05) is 30.0 Å². The van der Waals surface area contributed by atoms with Gasteiger partial charge >= 0.3 is 0 Å². The molecule has 0 spiro atoms. The molecule has 2 aromatic carbocycles. The maximum atomic E-state index is 11.4. The van der Waals surface area contributed by atoms with Crippen molar-refractivity contribution in [3.63, 3.8) is 0 Å². The smallest absolute Gasteiger partial charge is 0.248 e. The summed E-state index contributed by atoms with van der Waals surface area (Å²) in [4.78, 5) is 38.5. The van der Waals surface area contributed by atoms with Crippen LogP contribution < -0.4 is 15.4 Å². The molecule has 8 nitrogen and oxygen atoms in total. The van der Waals surface area contributed by atoms with Gasteiger partial charge in [0, 0.05) is 47.7 Å². The number of nitrogens with zero attached hydrogens (tertiary/aromatic N) is 4. The Kier molecular flexibility index (Phi) is 6.93. The summed E-state index contributed by atoms with van der Waals surface area (Å²) in [6.07, 6.45) is 5.17. The molecule has 1 aliphatic heterocycles. The highest BCUT2D eigenvalue weighted by Crippen LogP contribution is 2.41. The predicted octanol–water partition coefficient (Wildman–Crippen LogP) is 3.79. The lowest BCUT2D eigenvalue weighted by molar-refractivity contribution is 0.0999. The standard InChI is InChI=1S/C27H29N5O3S/c1-27(9-10-27)32-13-11-31(12-14-32)26-29-16-23(36-22-7-5-21(6-8-22)24(28)34)25(30-26)35-18-20-4-2-3-19(15-20)17-33/h2-8,15-17H,9-14,18H2,1H3,(H2,28,34). The van der Waals surface area contributed by atoms with Gasteiger partial charge in [0.1, 0.15) is 12.9 Å². The van der Waals surface area contributed by atoms with E-state index in [0.717, 1.165) is 47.8 Å². The summed E-state index contributed by atoms with van der Waals surface area (Å²) < 4.78 is 6.17. The molecule has 1 amide bonds. The maximum absolute atomic E-state index is 11.4. The summed E-state index contributed by atoms with van der Waals surface area (Å²) in [5, 5.41) is 0. The number of carbonyl (C=O) groups is 2. The quantitative estimate of drug-likeness (QED) is 0.440. The van der Waals surface area contributed by atoms with Gasteiger partial charge in [0.15, 0.2) is 0 Å². The lowest BCUT2D eigenvalue weighted by atomic mass is 10.1. The highest BCUT2D eigenvalue weighted by molar-refractivity contribution is 7.99. The highest BCUT2D eigenvalue weighted by atomic mass is 32.2. The van der Waals surface area contributed by atoms with Gasteiger partial charge in [-0.3, -0.25) is 14.5 Å². The van der Waals surface area contributed by atoms with Crippen molar-refractivity contribution in [1.29, 1.82) is 0 Å². The number of aldehydes is 1. The fourth-order valence-corrected chi connectivity index (χ4v) is 5.16. The van der Waals surface area contributed by atoms with Crippen molar-refractivity contribution in [1.82, 2.24) is 14.9 Å². The Morgan fingerprint density at radius 2 is 1.89 bits per heavy atom. The molecule has 1 saturated carbocycles. The molecule has 2 N–H and O–H groups in total. The number of hydrogen-bond donors (Lipinski definition) is 1. The summed E-state index contributed by atoms with van der Waals surface area (Å²) in [5.74, 6) is 0.675. The second-order valence-corrected chi connectivity index (χ2v) is 10.6. The zero-order valence-electron chi connectivity index (χ0n) is 20.2. The molecule has 36 heavy (non-hydrogen) atoms. The first-order chi connectivity index (χ1) is 17.4. The van der Waals surface area contributed by atoms with Crippen LogP contribution in [-0.4, -0.2) is 58.8 Å². The largest absolute Gasteiger partial charge is 0.472 e. The van der Waals surface area contributed by atoms with Crippen LogP contribution in [-0.2, 0) is 6.61 Å². The predicted molar refractivity (Wildman–Crippen MR) is 139 cm³/mol. The molecule has 0 unspecified atom stereocenters. The van der Waals surface area contributed by atoms with Gasteiger partial charge in [0.2, 0.25) is 17.7 Å². The maximum Gasteiger partial charge on any atom is 0.248 e. The van der Waals surface area contributed by atoms with Crippen molar-refractivity contribution in [2.75, 3.05) is 31.1 Å². The average Bonchev–Trinajstić information content (AvgIpc) is 3.67. The molecule has 0 atom stereocenters. The van der Waals surface area contributed by atoms with Crippen LogP contribution in [0.3, 0.4) is 0 Å². The van der Waals surface area contributed by atoms with Crippen LogP contribution in [0.5, 0.6) is 5.88 Å². The number of ether oxygens (including phenoxy) is 1. The van der Waals surface area contributed by atoms with Crippen LogP contribution in [0.1, 0.15) is 46.0 Å². The summed E-state index contributed by atoms with van der Waals surface area (Å²) in [6.45, 7) is 6.36. The summed E-state index contributed by atoms with van der Waals surface area (Å²) in [5.41, 5.74) is 7.68. The molecule has 1 saturated heterocycles. The van der Waals surface area contributed by atoms with E-state index >= 15 is 0 Å². The first-order valence-corrected chi connectivity index (χ1v) is 12.9. The van der Waals surface area contributed by atoms with Crippen molar-refractivity contribution >= 4 is 29.9 Å². The second-order valence-electron chi connectivity index (χ2n) is 9.45. The zero-order chi connectivity index (χ0) is 25.1. The first-order valence-electron chi connectivity index (χ1n) is 12.1. The molecular weight excluding hydrogens is 474 g/mol. The van der Waals surface area contributed by atoms with E-state index in [2.05, 4.69) is 21.7 Å². The van der Waals surface area contributed by atoms with Crippen molar-refractivity contribution in [3.8, 4) is 5.88 Å². The van der Waals surface area contributed by atoms with Crippen molar-refractivity contribution in [2.45, 2.75) is 41.7 Å². The number of anilines is 1. The number of primary amides is 1. The van der Waals surface area contributed by atoms with Crippen LogP contribution in [0.15, 0.2) is 64.5 Å². The molecule has 1 aromatic heterocycles. The van der Waals surface area contributed by atoms with Crippen LogP contribution in [0.4, 0.5) is 5.95 Å². The van der Waals surface area contributed by atoms with E-state index in [1.165, 1.54) is 24.6 Å². The molecule has 9 heteroatoms. The number of benzene rings is 2. The van der Waals surface area contributed by atoms with Gasteiger partial charge < -0.3 is 15.4 Å². The number of nitrogens with two attached hydrogens (primary N) is 1. The average molecular weight is 504 g/mol. The molecule has 3 aromatic rings. The summed E-state index contributed by atoms with van der Waals surface area (Å²) in [7, 11) is 0. The Morgan fingerprint density at radius 3 is 2.56 bits per heavy atom. The van der Waals surface area contributed by atoms with E-state index in [1.807, 2.05) is 30.3 Å². The Balaban J connectivity index is 1.36. The zero-order valence-corrected chi connectivity index (χ0v) is 21.0. The van der Waals surface area contributed by atoms with E-state index in [1.54, 1.807) is 24.4 Å². The van der Waals surface area contributed by atoms with Crippen LogP contribution in [0.25, 0.3) is 0 Å². The monoisotopic (exact) mass is 503 g/mol. The van der Waals surface area contributed by atoms with E-state index in [4.69, 9.17) is 15.5 Å². The molecule has 1 aliphatic carbocycles. The molecule has 0 bridgehead atoms. The minimum Gasteiger partial charge on any atom is -0.472 e. The molecule has 5 rings (SSSR count). The normalized spacial score (nSPS) is 17.0. The molecule has 2 fully saturated rings. The third-order valence-corrected chi connectivity index (χ3v) is 7.85. The lowest BCUT2D eigenvalue weighted by Crippen LogP contribution is -2.51. The number of rotatable bonds is 9. The highest BCUT2D eigenvalue weighted by Gasteiger charge is 2.44. The van der Waals surface area contributed by atoms with Crippen LogP contribution in [0.2, 0.25) is 0 Å². The van der Waals surface area contributed by atoms with Gasteiger partial charge in [0.05, 0.1) is 11.1 Å². The van der Waals surface area contributed by atoms with E-state index < -0.39 is 5.91 Å². The third-order valence-electron chi connectivity index (χ3n) is 6.84. The summed E-state index contributed by atoms with van der Waals surface area (Å²) >= 11 is 1.46. The Morgan fingerprint density at radius 1 is 1.14 bits per heavy atom. The molecule has 186 valence electrons. The number of piperazine rings is 1. The third kappa shape index (κ3) is 5.52. The minimum absolute atomic E-state index is 0.276. The van der Waals surface area contributed by atoms with Crippen molar-refractivity contribution in [3.05, 3.63) is 71.4 Å². The van der Waals surface area contributed by atoms with E-state index in [9.17, 15) is 9.59 Å². The number of hydrogen-bond acceptors (Lipinski definition) is 8. The Labute approximate surface area is 214 Å². The number of aromatic nitrogens is 2.